The fourth-order valence-corrected chi connectivity index (χ4v) is 3.09. The first kappa shape index (κ1) is 24.5. The molecule has 0 saturated heterocycles. The summed E-state index contributed by atoms with van der Waals surface area (Å²) in [6.45, 7) is 6.09. The summed E-state index contributed by atoms with van der Waals surface area (Å²) in [5, 5.41) is 8.61. The minimum absolute atomic E-state index is 0.108. The maximum absolute atomic E-state index is 12.5. The topological polar surface area (TPSA) is 127 Å². The molecule has 3 rings (SSSR count). The SMILES string of the molecule is CCOc1cccc2cc(C(=O)NCCNC(=O)c3ccc(NC(=O)C(C)C)cc3)c(=O)oc12. The Balaban J connectivity index is 1.53. The summed E-state index contributed by atoms with van der Waals surface area (Å²) in [5.74, 6) is -0.751. The summed E-state index contributed by atoms with van der Waals surface area (Å²) in [6.07, 6.45) is 0. The molecule has 34 heavy (non-hydrogen) atoms. The van der Waals surface area contributed by atoms with Crippen LogP contribution in [0.15, 0.2) is 57.7 Å². The van der Waals surface area contributed by atoms with E-state index in [4.69, 9.17) is 9.15 Å². The summed E-state index contributed by atoms with van der Waals surface area (Å²) < 4.78 is 10.8. The molecule has 0 bridgehead atoms. The molecule has 9 heteroatoms. The van der Waals surface area contributed by atoms with Crippen LogP contribution in [0.3, 0.4) is 0 Å². The molecule has 0 radical (unpaired) electrons. The highest BCUT2D eigenvalue weighted by atomic mass is 16.5. The summed E-state index contributed by atoms with van der Waals surface area (Å²) in [6, 6.07) is 13.1. The van der Waals surface area contributed by atoms with Crippen molar-refractivity contribution in [1.29, 1.82) is 0 Å². The molecule has 3 N–H and O–H groups in total. The monoisotopic (exact) mass is 465 g/mol. The van der Waals surface area contributed by atoms with Crippen molar-refractivity contribution >= 4 is 34.4 Å². The molecule has 1 heterocycles. The molecule has 0 fully saturated rings. The van der Waals surface area contributed by atoms with Gasteiger partial charge in [-0.1, -0.05) is 26.0 Å². The number of para-hydroxylation sites is 1. The molecular weight excluding hydrogens is 438 g/mol. The number of hydrogen-bond acceptors (Lipinski definition) is 6. The number of carbonyl (C=O) groups is 3. The van der Waals surface area contributed by atoms with Gasteiger partial charge in [0.25, 0.3) is 11.8 Å². The number of anilines is 1. The van der Waals surface area contributed by atoms with Gasteiger partial charge in [-0.2, -0.15) is 0 Å². The molecule has 9 nitrogen and oxygen atoms in total. The normalized spacial score (nSPS) is 10.7. The van der Waals surface area contributed by atoms with E-state index in [0.29, 0.717) is 29.0 Å². The highest BCUT2D eigenvalue weighted by molar-refractivity contribution is 5.98. The lowest BCUT2D eigenvalue weighted by molar-refractivity contribution is -0.118. The molecule has 3 aromatic rings. The molecule has 0 aliphatic carbocycles. The molecule has 0 saturated carbocycles. The molecular formula is C25H27N3O6. The Morgan fingerprint density at radius 3 is 2.29 bits per heavy atom. The lowest BCUT2D eigenvalue weighted by atomic mass is 10.1. The standard InChI is InChI=1S/C25H27N3O6/c1-4-33-20-7-5-6-17-14-19(25(32)34-21(17)20)24(31)27-13-12-26-23(30)16-8-10-18(11-9-16)28-22(29)15(2)3/h5-11,14-15H,4,12-13H2,1-3H3,(H,26,30)(H,27,31)(H,28,29). The molecule has 3 amide bonds. The van der Waals surface area contributed by atoms with Crippen LogP contribution < -0.4 is 26.3 Å². The van der Waals surface area contributed by atoms with Crippen LogP contribution in [-0.4, -0.2) is 37.4 Å². The fourth-order valence-electron chi connectivity index (χ4n) is 3.09. The summed E-state index contributed by atoms with van der Waals surface area (Å²) in [7, 11) is 0. The second-order valence-electron chi connectivity index (χ2n) is 7.79. The van der Waals surface area contributed by atoms with E-state index < -0.39 is 11.5 Å². The predicted octanol–water partition coefficient (Wildman–Crippen LogP) is 2.95. The highest BCUT2D eigenvalue weighted by Gasteiger charge is 2.15. The van der Waals surface area contributed by atoms with E-state index in [1.807, 2.05) is 6.92 Å². The zero-order valence-corrected chi connectivity index (χ0v) is 19.3. The largest absolute Gasteiger partial charge is 0.490 e. The molecule has 0 unspecified atom stereocenters. The van der Waals surface area contributed by atoms with Crippen molar-refractivity contribution in [3.63, 3.8) is 0 Å². The zero-order valence-electron chi connectivity index (χ0n) is 19.3. The van der Waals surface area contributed by atoms with E-state index in [9.17, 15) is 19.2 Å². The van der Waals surface area contributed by atoms with Crippen molar-refractivity contribution in [2.24, 2.45) is 5.92 Å². The molecule has 178 valence electrons. The Bertz CT molecular complexity index is 1250. The van der Waals surface area contributed by atoms with E-state index in [0.717, 1.165) is 0 Å². The van der Waals surface area contributed by atoms with E-state index in [1.165, 1.54) is 6.07 Å². The predicted molar refractivity (Wildman–Crippen MR) is 128 cm³/mol. The number of hydrogen-bond donors (Lipinski definition) is 3. The minimum atomic E-state index is -0.772. The van der Waals surface area contributed by atoms with Crippen molar-refractivity contribution in [1.82, 2.24) is 10.6 Å². The van der Waals surface area contributed by atoms with Gasteiger partial charge in [0.1, 0.15) is 5.56 Å². The Labute approximate surface area is 196 Å². The molecule has 0 spiro atoms. The third-order valence-electron chi connectivity index (χ3n) is 4.90. The molecule has 0 atom stereocenters. The minimum Gasteiger partial charge on any atom is -0.490 e. The van der Waals surface area contributed by atoms with Crippen LogP contribution >= 0.6 is 0 Å². The van der Waals surface area contributed by atoms with E-state index in [-0.39, 0.29) is 42.0 Å². The first-order valence-corrected chi connectivity index (χ1v) is 11.0. The fraction of sp³-hybridized carbons (Fsp3) is 0.280. The lowest BCUT2D eigenvalue weighted by Crippen LogP contribution is -2.36. The molecule has 0 aliphatic rings. The maximum atomic E-state index is 12.5. The number of ether oxygens (including phenoxy) is 1. The number of benzene rings is 2. The van der Waals surface area contributed by atoms with Gasteiger partial charge in [0.15, 0.2) is 11.3 Å². The first-order chi connectivity index (χ1) is 16.3. The van der Waals surface area contributed by atoms with Crippen LogP contribution in [0.1, 0.15) is 41.5 Å². The van der Waals surface area contributed by atoms with Gasteiger partial charge in [0.05, 0.1) is 6.61 Å². The van der Waals surface area contributed by atoms with Crippen LogP contribution in [0.4, 0.5) is 5.69 Å². The summed E-state index contributed by atoms with van der Waals surface area (Å²) in [4.78, 5) is 48.8. The molecule has 0 aliphatic heterocycles. The van der Waals surface area contributed by atoms with Crippen molar-refractivity contribution in [2.45, 2.75) is 20.8 Å². The number of carbonyl (C=O) groups excluding carboxylic acids is 3. The highest BCUT2D eigenvalue weighted by Crippen LogP contribution is 2.24. The Morgan fingerprint density at radius 1 is 0.971 bits per heavy atom. The van der Waals surface area contributed by atoms with Gasteiger partial charge < -0.3 is 25.1 Å². The van der Waals surface area contributed by atoms with Crippen LogP contribution in [0.5, 0.6) is 5.75 Å². The van der Waals surface area contributed by atoms with Gasteiger partial charge >= 0.3 is 5.63 Å². The molecule has 1 aromatic heterocycles. The van der Waals surface area contributed by atoms with Crippen LogP contribution in [0.2, 0.25) is 0 Å². The number of fused-ring (bicyclic) bond motifs is 1. The first-order valence-electron chi connectivity index (χ1n) is 11.0. The third-order valence-corrected chi connectivity index (χ3v) is 4.90. The van der Waals surface area contributed by atoms with Gasteiger partial charge in [-0.15, -0.1) is 0 Å². The van der Waals surface area contributed by atoms with Crippen molar-refractivity contribution < 1.29 is 23.5 Å². The Kier molecular flexibility index (Phi) is 8.02. The lowest BCUT2D eigenvalue weighted by Gasteiger charge is -2.10. The maximum Gasteiger partial charge on any atom is 0.349 e. The number of nitrogens with one attached hydrogen (secondary N) is 3. The third kappa shape index (κ3) is 6.00. The second kappa shape index (κ2) is 11.1. The second-order valence-corrected chi connectivity index (χ2v) is 7.79. The Hall–Kier alpha value is -4.14. The molecule has 2 aromatic carbocycles. The number of amides is 3. The number of rotatable bonds is 9. The van der Waals surface area contributed by atoms with E-state index >= 15 is 0 Å². The van der Waals surface area contributed by atoms with Crippen molar-refractivity contribution in [3.05, 3.63) is 70.1 Å². The van der Waals surface area contributed by atoms with Gasteiger partial charge in [-0.05, 0) is 43.3 Å². The van der Waals surface area contributed by atoms with E-state index in [2.05, 4.69) is 16.0 Å². The van der Waals surface area contributed by atoms with Gasteiger partial charge in [-0.25, -0.2) is 4.79 Å². The van der Waals surface area contributed by atoms with Crippen molar-refractivity contribution in [3.8, 4) is 5.75 Å². The average molecular weight is 466 g/mol. The quantitative estimate of drug-likeness (QED) is 0.329. The van der Waals surface area contributed by atoms with Crippen LogP contribution in [0.25, 0.3) is 11.0 Å². The average Bonchev–Trinajstić information content (AvgIpc) is 2.82. The summed E-state index contributed by atoms with van der Waals surface area (Å²) in [5.41, 5.74) is 0.393. The van der Waals surface area contributed by atoms with E-state index in [1.54, 1.807) is 56.3 Å². The summed E-state index contributed by atoms with van der Waals surface area (Å²) >= 11 is 0. The van der Waals surface area contributed by atoms with Crippen LogP contribution in [0, 0.1) is 5.92 Å². The van der Waals surface area contributed by atoms with Crippen LogP contribution in [-0.2, 0) is 4.79 Å². The van der Waals surface area contributed by atoms with Gasteiger partial charge in [0, 0.05) is 35.6 Å². The Morgan fingerprint density at radius 2 is 1.65 bits per heavy atom. The van der Waals surface area contributed by atoms with Crippen molar-refractivity contribution in [2.75, 3.05) is 25.0 Å². The smallest absolute Gasteiger partial charge is 0.349 e. The van der Waals surface area contributed by atoms with Gasteiger partial charge in [-0.3, -0.25) is 14.4 Å². The van der Waals surface area contributed by atoms with Gasteiger partial charge in [0.2, 0.25) is 5.91 Å². The zero-order chi connectivity index (χ0) is 24.7.